The third-order valence-electron chi connectivity index (χ3n) is 3.74. The van der Waals surface area contributed by atoms with E-state index in [-0.39, 0.29) is 5.56 Å². The maximum atomic E-state index is 11.6. The zero-order chi connectivity index (χ0) is 17.4. The molecule has 0 aliphatic carbocycles. The fourth-order valence-electron chi connectivity index (χ4n) is 2.60. The summed E-state index contributed by atoms with van der Waals surface area (Å²) in [6, 6.07) is 9.21. The van der Waals surface area contributed by atoms with Crippen LogP contribution in [0.15, 0.2) is 47.5 Å². The van der Waals surface area contributed by atoms with Crippen molar-refractivity contribution in [1.82, 2.24) is 19.9 Å². The summed E-state index contributed by atoms with van der Waals surface area (Å²) in [5, 5.41) is 3.99. The van der Waals surface area contributed by atoms with Crippen LogP contribution in [-0.2, 0) is 0 Å². The Labute approximate surface area is 147 Å². The molecule has 0 aromatic carbocycles. The topological polar surface area (TPSA) is 83.6 Å². The van der Waals surface area contributed by atoms with Gasteiger partial charge in [0.25, 0.3) is 0 Å². The summed E-state index contributed by atoms with van der Waals surface area (Å²) in [4.78, 5) is 27.8. The zero-order valence-electron chi connectivity index (χ0n) is 13.7. The third kappa shape index (κ3) is 3.14. The van der Waals surface area contributed by atoms with Gasteiger partial charge in [0.05, 0.1) is 10.2 Å². The summed E-state index contributed by atoms with van der Waals surface area (Å²) in [5.41, 5.74) is 3.56. The van der Waals surface area contributed by atoms with Gasteiger partial charge in [-0.25, -0.2) is 9.97 Å². The molecule has 4 rings (SSSR count). The number of nitrogens with one attached hydrogen (secondary N) is 2. The largest absolute Gasteiger partial charge is 0.326 e. The number of H-pyrrole nitrogens is 1. The van der Waals surface area contributed by atoms with Gasteiger partial charge in [-0.1, -0.05) is 6.07 Å². The molecule has 2 N–H and O–H groups in total. The predicted octanol–water partition coefficient (Wildman–Crippen LogP) is 3.80. The molecule has 0 aliphatic rings. The van der Waals surface area contributed by atoms with Gasteiger partial charge in [-0.15, -0.1) is 11.3 Å². The van der Waals surface area contributed by atoms with Crippen LogP contribution in [0.25, 0.3) is 20.9 Å². The molecule has 4 aromatic rings. The van der Waals surface area contributed by atoms with E-state index in [1.54, 1.807) is 29.8 Å². The first kappa shape index (κ1) is 15.5. The van der Waals surface area contributed by atoms with Gasteiger partial charge in [0, 0.05) is 24.5 Å². The molecule has 124 valence electrons. The van der Waals surface area contributed by atoms with E-state index in [4.69, 9.17) is 0 Å². The third-order valence-corrected chi connectivity index (χ3v) is 4.75. The van der Waals surface area contributed by atoms with Gasteiger partial charge >= 0.3 is 0 Å². The van der Waals surface area contributed by atoms with E-state index in [9.17, 15) is 4.79 Å². The molecule has 0 saturated carbocycles. The lowest BCUT2D eigenvalue weighted by molar-refractivity contribution is 1.19. The van der Waals surface area contributed by atoms with E-state index in [0.717, 1.165) is 32.0 Å². The Morgan fingerprint density at radius 3 is 2.84 bits per heavy atom. The van der Waals surface area contributed by atoms with E-state index in [1.807, 2.05) is 38.1 Å². The van der Waals surface area contributed by atoms with Crippen molar-refractivity contribution < 1.29 is 0 Å². The maximum Gasteiger partial charge on any atom is 0.249 e. The lowest BCUT2D eigenvalue weighted by Crippen LogP contribution is -2.08. The molecule has 4 aromatic heterocycles. The van der Waals surface area contributed by atoms with Crippen molar-refractivity contribution in [1.29, 1.82) is 0 Å². The lowest BCUT2D eigenvalue weighted by atomic mass is 10.2. The number of rotatable bonds is 3. The van der Waals surface area contributed by atoms with Crippen LogP contribution < -0.4 is 10.9 Å². The SMILES string of the molecule is Cc1cc(Nc2cc3nc(-c4ncccc4C)sc3cn2)[nH]c(=O)c1. The van der Waals surface area contributed by atoms with Crippen molar-refractivity contribution in [2.24, 2.45) is 0 Å². The van der Waals surface area contributed by atoms with Crippen LogP contribution in [0.5, 0.6) is 0 Å². The number of fused-ring (bicyclic) bond motifs is 1. The molecule has 4 heterocycles. The molecule has 7 heteroatoms. The van der Waals surface area contributed by atoms with Crippen LogP contribution in [0.1, 0.15) is 11.1 Å². The minimum atomic E-state index is -0.148. The second kappa shape index (κ2) is 6.10. The summed E-state index contributed by atoms with van der Waals surface area (Å²) < 4.78 is 0.989. The minimum Gasteiger partial charge on any atom is -0.326 e. The molecule has 0 radical (unpaired) electrons. The number of pyridine rings is 3. The fraction of sp³-hybridized carbons (Fsp3) is 0.111. The van der Waals surface area contributed by atoms with E-state index in [1.165, 1.54) is 0 Å². The van der Waals surface area contributed by atoms with Crippen LogP contribution in [0.2, 0.25) is 0 Å². The van der Waals surface area contributed by atoms with Crippen molar-refractivity contribution in [3.63, 3.8) is 0 Å². The molecule has 0 spiro atoms. The van der Waals surface area contributed by atoms with Gasteiger partial charge in [0.15, 0.2) is 0 Å². The molecule has 6 nitrogen and oxygen atoms in total. The lowest BCUT2D eigenvalue weighted by Gasteiger charge is -2.05. The average Bonchev–Trinajstić information content (AvgIpc) is 2.97. The second-order valence-electron chi connectivity index (χ2n) is 5.79. The van der Waals surface area contributed by atoms with E-state index in [2.05, 4.69) is 25.3 Å². The Morgan fingerprint density at radius 1 is 1.16 bits per heavy atom. The smallest absolute Gasteiger partial charge is 0.249 e. The summed E-state index contributed by atoms with van der Waals surface area (Å²) in [5.74, 6) is 1.23. The van der Waals surface area contributed by atoms with Gasteiger partial charge in [0.2, 0.25) is 5.56 Å². The summed E-state index contributed by atoms with van der Waals surface area (Å²) in [7, 11) is 0. The maximum absolute atomic E-state index is 11.6. The molecule has 0 saturated heterocycles. The number of hydrogen-bond acceptors (Lipinski definition) is 6. The Kier molecular flexibility index (Phi) is 3.77. The number of hydrogen-bond donors (Lipinski definition) is 2. The molecule has 25 heavy (non-hydrogen) atoms. The first-order chi connectivity index (χ1) is 12.1. The van der Waals surface area contributed by atoms with Gasteiger partial charge in [-0.2, -0.15) is 0 Å². The Hall–Kier alpha value is -3.06. The van der Waals surface area contributed by atoms with Crippen LogP contribution in [0.3, 0.4) is 0 Å². The highest BCUT2D eigenvalue weighted by atomic mass is 32.1. The highest BCUT2D eigenvalue weighted by Crippen LogP contribution is 2.31. The van der Waals surface area contributed by atoms with Gasteiger partial charge in [0.1, 0.15) is 22.3 Å². The number of aromatic amines is 1. The monoisotopic (exact) mass is 349 g/mol. The van der Waals surface area contributed by atoms with Crippen LogP contribution >= 0.6 is 11.3 Å². The molecular formula is C18H15N5OS. The number of thiazole rings is 1. The Balaban J connectivity index is 1.71. The van der Waals surface area contributed by atoms with Gasteiger partial charge in [-0.05, 0) is 37.1 Å². The Bertz CT molecular complexity index is 1130. The normalized spacial score (nSPS) is 11.0. The zero-order valence-corrected chi connectivity index (χ0v) is 14.5. The number of aryl methyl sites for hydroxylation is 2. The fourth-order valence-corrected chi connectivity index (χ4v) is 3.58. The summed E-state index contributed by atoms with van der Waals surface area (Å²) in [6.45, 7) is 3.90. The highest BCUT2D eigenvalue weighted by Gasteiger charge is 2.11. The van der Waals surface area contributed by atoms with E-state index in [0.29, 0.717) is 11.6 Å². The van der Waals surface area contributed by atoms with Crippen molar-refractivity contribution >= 4 is 33.2 Å². The Morgan fingerprint density at radius 2 is 2.04 bits per heavy atom. The second-order valence-corrected chi connectivity index (χ2v) is 6.82. The van der Waals surface area contributed by atoms with Crippen molar-refractivity contribution in [2.75, 3.05) is 5.32 Å². The van der Waals surface area contributed by atoms with Crippen LogP contribution in [0.4, 0.5) is 11.6 Å². The predicted molar refractivity (Wildman–Crippen MR) is 100 cm³/mol. The molecule has 0 unspecified atom stereocenters. The van der Waals surface area contributed by atoms with E-state index < -0.39 is 0 Å². The summed E-state index contributed by atoms with van der Waals surface area (Å²) in [6.07, 6.45) is 3.55. The summed E-state index contributed by atoms with van der Waals surface area (Å²) >= 11 is 1.56. The number of aromatic nitrogens is 4. The minimum absolute atomic E-state index is 0.148. The molecule has 0 amide bonds. The molecule has 0 atom stereocenters. The van der Waals surface area contributed by atoms with Crippen molar-refractivity contribution in [3.8, 4) is 10.7 Å². The highest BCUT2D eigenvalue weighted by molar-refractivity contribution is 7.21. The molecule has 0 aliphatic heterocycles. The number of anilines is 2. The van der Waals surface area contributed by atoms with Crippen LogP contribution in [0, 0.1) is 13.8 Å². The number of nitrogens with zero attached hydrogens (tertiary/aromatic N) is 3. The first-order valence-corrected chi connectivity index (χ1v) is 8.57. The molecule has 0 fully saturated rings. The van der Waals surface area contributed by atoms with E-state index >= 15 is 0 Å². The van der Waals surface area contributed by atoms with Gasteiger partial charge < -0.3 is 10.3 Å². The standard InChI is InChI=1S/C18H15N5OS/c1-10-6-15(23-16(24)7-10)22-14-8-12-13(9-20-14)25-18(21-12)17-11(2)4-3-5-19-17/h3-9H,1-2H3,(H2,20,22,23,24). The molecular weight excluding hydrogens is 334 g/mol. The van der Waals surface area contributed by atoms with Gasteiger partial charge in [-0.3, -0.25) is 9.78 Å². The quantitative estimate of drug-likeness (QED) is 0.588. The van der Waals surface area contributed by atoms with Crippen molar-refractivity contribution in [2.45, 2.75) is 13.8 Å². The first-order valence-electron chi connectivity index (χ1n) is 7.75. The average molecular weight is 349 g/mol. The molecule has 0 bridgehead atoms. The van der Waals surface area contributed by atoms with Crippen LogP contribution in [-0.4, -0.2) is 19.9 Å². The van der Waals surface area contributed by atoms with Crippen molar-refractivity contribution in [3.05, 3.63) is 64.2 Å².